The van der Waals surface area contributed by atoms with E-state index in [1.807, 2.05) is 0 Å². The van der Waals surface area contributed by atoms with Crippen LogP contribution in [0.2, 0.25) is 0 Å². The fourth-order valence-electron chi connectivity index (χ4n) is 13.2. The standard InChI is InChI=1S/C61H59BN2O/c1-57(2)27-29-59(5,6)46-34-50-40(32-44(46)57)41-31-42-39-19-14-15-22-52(39)65-56(42)55-53(41)62(64(50)38-25-23-37(24-26-38)36-17-12-11-13-18-36)49-21-16-20-43-54(49)63(55)51-35-47-45(33-48(51)61(43,9)10)58(3,4)28-30-60(47,7)8/h11-26,31-35H,27-30H2,1-10H3. The molecular weight excluding hydrogens is 787 g/mol. The molecule has 0 atom stereocenters. The van der Waals surface area contributed by atoms with E-state index in [0.717, 1.165) is 24.0 Å². The summed E-state index contributed by atoms with van der Waals surface area (Å²) in [5, 5.41) is 2.35. The van der Waals surface area contributed by atoms with Crippen molar-refractivity contribution in [3.05, 3.63) is 161 Å². The first-order valence-electron chi connectivity index (χ1n) is 24.2. The molecule has 8 aromatic rings. The van der Waals surface area contributed by atoms with Gasteiger partial charge >= 0.3 is 6.85 Å². The molecule has 2 aliphatic carbocycles. The number of furan rings is 1. The van der Waals surface area contributed by atoms with Gasteiger partial charge in [-0.2, -0.15) is 0 Å². The van der Waals surface area contributed by atoms with Crippen molar-refractivity contribution in [3.63, 3.8) is 0 Å². The van der Waals surface area contributed by atoms with Crippen molar-refractivity contribution in [2.75, 3.05) is 9.71 Å². The third-order valence-electron chi connectivity index (χ3n) is 17.4. The van der Waals surface area contributed by atoms with Crippen LogP contribution in [0.3, 0.4) is 0 Å². The minimum absolute atomic E-state index is 0.0450. The van der Waals surface area contributed by atoms with Crippen molar-refractivity contribution in [1.82, 2.24) is 0 Å². The molecule has 7 aromatic carbocycles. The fourth-order valence-corrected chi connectivity index (χ4v) is 13.2. The summed E-state index contributed by atoms with van der Waals surface area (Å²) in [4.78, 5) is 5.41. The number of para-hydroxylation sites is 2. The van der Waals surface area contributed by atoms with Crippen molar-refractivity contribution in [1.29, 1.82) is 0 Å². The van der Waals surface area contributed by atoms with E-state index < -0.39 is 0 Å². The summed E-state index contributed by atoms with van der Waals surface area (Å²) in [5.74, 6) is 0. The van der Waals surface area contributed by atoms with E-state index in [1.165, 1.54) is 119 Å². The van der Waals surface area contributed by atoms with Crippen LogP contribution in [0.5, 0.6) is 0 Å². The van der Waals surface area contributed by atoms with Crippen LogP contribution in [0.4, 0.5) is 28.4 Å². The second-order valence-electron chi connectivity index (χ2n) is 23.4. The van der Waals surface area contributed by atoms with Crippen LogP contribution >= 0.6 is 0 Å². The number of anilines is 5. The Bertz CT molecular complexity index is 3360. The third kappa shape index (κ3) is 5.20. The Morgan fingerprint density at radius 2 is 1.05 bits per heavy atom. The summed E-state index contributed by atoms with van der Waals surface area (Å²) in [6.07, 6.45) is 4.68. The lowest BCUT2D eigenvalue weighted by Gasteiger charge is -2.52. The van der Waals surface area contributed by atoms with Crippen LogP contribution in [-0.4, -0.2) is 6.85 Å². The highest BCUT2D eigenvalue weighted by Crippen LogP contribution is 2.60. The summed E-state index contributed by atoms with van der Waals surface area (Å²) >= 11 is 0. The number of hydrogen-bond donors (Lipinski definition) is 0. The summed E-state index contributed by atoms with van der Waals surface area (Å²) < 4.78 is 7.27. The zero-order chi connectivity index (χ0) is 44.7. The molecule has 5 aliphatic rings. The SMILES string of the molecule is CC1(C)CCC(C)(C)c2cc3c(cc21)-c1cc2c(oc4ccccc42)c2c1B(c1cccc4c1N2c1cc2c(cc1C4(C)C)C(C)(C)CCC2(C)C)N3c1ccc(-c2ccccc2)cc1. The number of benzene rings is 7. The molecular formula is C61H59BN2O. The van der Waals surface area contributed by atoms with Crippen molar-refractivity contribution in [2.24, 2.45) is 0 Å². The van der Waals surface area contributed by atoms with Gasteiger partial charge in [0.2, 0.25) is 0 Å². The largest absolute Gasteiger partial charge is 0.454 e. The van der Waals surface area contributed by atoms with Gasteiger partial charge in [0.25, 0.3) is 0 Å². The predicted octanol–water partition coefficient (Wildman–Crippen LogP) is 15.3. The first kappa shape index (κ1) is 39.4. The Labute approximate surface area is 385 Å². The molecule has 13 rings (SSSR count). The molecule has 65 heavy (non-hydrogen) atoms. The van der Waals surface area contributed by atoms with Gasteiger partial charge in [-0.1, -0.05) is 154 Å². The van der Waals surface area contributed by atoms with E-state index in [4.69, 9.17) is 4.42 Å². The molecule has 0 fully saturated rings. The van der Waals surface area contributed by atoms with E-state index in [9.17, 15) is 0 Å². The summed E-state index contributed by atoms with van der Waals surface area (Å²) in [6, 6.07) is 49.1. The molecule has 1 aromatic heterocycles. The van der Waals surface area contributed by atoms with Gasteiger partial charge in [0, 0.05) is 38.8 Å². The Balaban J connectivity index is 1.19. The third-order valence-corrected chi connectivity index (χ3v) is 17.4. The number of rotatable bonds is 2. The molecule has 0 amide bonds. The highest BCUT2D eigenvalue weighted by molar-refractivity contribution is 6.94. The average Bonchev–Trinajstić information content (AvgIpc) is 3.67. The Kier molecular flexibility index (Phi) is 7.67. The zero-order valence-electron chi connectivity index (χ0n) is 39.8. The van der Waals surface area contributed by atoms with Crippen molar-refractivity contribution in [2.45, 2.75) is 122 Å². The molecule has 0 spiro atoms. The molecule has 0 bridgehead atoms. The molecule has 4 heterocycles. The highest BCUT2D eigenvalue weighted by Gasteiger charge is 2.52. The van der Waals surface area contributed by atoms with Crippen LogP contribution in [0.25, 0.3) is 44.2 Å². The predicted molar refractivity (Wildman–Crippen MR) is 276 cm³/mol. The maximum atomic E-state index is 7.27. The van der Waals surface area contributed by atoms with Gasteiger partial charge in [-0.05, 0) is 151 Å². The lowest BCUT2D eigenvalue weighted by atomic mass is 9.42. The maximum Gasteiger partial charge on any atom is 0.333 e. The number of hydrogen-bond acceptors (Lipinski definition) is 3. The van der Waals surface area contributed by atoms with Crippen molar-refractivity contribution >= 4 is 68.1 Å². The molecule has 0 radical (unpaired) electrons. The lowest BCUT2D eigenvalue weighted by molar-refractivity contribution is 0.331. The summed E-state index contributed by atoms with van der Waals surface area (Å²) in [7, 11) is 0. The second-order valence-corrected chi connectivity index (χ2v) is 23.4. The molecule has 0 unspecified atom stereocenters. The Morgan fingerprint density at radius 1 is 0.462 bits per heavy atom. The molecule has 0 saturated carbocycles. The number of nitrogens with zero attached hydrogens (tertiary/aromatic N) is 2. The van der Waals surface area contributed by atoms with Gasteiger partial charge in [0.05, 0.1) is 11.4 Å². The first-order chi connectivity index (χ1) is 31.0. The van der Waals surface area contributed by atoms with E-state index in [2.05, 4.69) is 206 Å². The molecule has 0 saturated heterocycles. The topological polar surface area (TPSA) is 19.6 Å². The van der Waals surface area contributed by atoms with Crippen molar-refractivity contribution in [3.8, 4) is 22.3 Å². The van der Waals surface area contributed by atoms with E-state index >= 15 is 0 Å². The van der Waals surface area contributed by atoms with Crippen LogP contribution in [0.1, 0.15) is 128 Å². The molecule has 322 valence electrons. The first-order valence-corrected chi connectivity index (χ1v) is 24.2. The van der Waals surface area contributed by atoms with Crippen LogP contribution in [0, 0.1) is 0 Å². The van der Waals surface area contributed by atoms with E-state index in [0.29, 0.717) is 0 Å². The van der Waals surface area contributed by atoms with E-state index in [-0.39, 0.29) is 33.9 Å². The number of fused-ring (bicyclic) bond motifs is 12. The maximum absolute atomic E-state index is 7.27. The van der Waals surface area contributed by atoms with Crippen LogP contribution < -0.4 is 20.6 Å². The lowest BCUT2D eigenvalue weighted by Crippen LogP contribution is -2.62. The summed E-state index contributed by atoms with van der Waals surface area (Å²) in [5.41, 5.74) is 24.7. The van der Waals surface area contributed by atoms with Gasteiger partial charge in [0.15, 0.2) is 5.58 Å². The highest BCUT2D eigenvalue weighted by atomic mass is 16.3. The van der Waals surface area contributed by atoms with Crippen molar-refractivity contribution < 1.29 is 4.42 Å². The van der Waals surface area contributed by atoms with E-state index in [1.54, 1.807) is 0 Å². The Hall–Kier alpha value is -6.00. The summed E-state index contributed by atoms with van der Waals surface area (Å²) in [6.45, 7) is 24.6. The van der Waals surface area contributed by atoms with Gasteiger partial charge in [-0.3, -0.25) is 0 Å². The van der Waals surface area contributed by atoms with Crippen LogP contribution in [-0.2, 0) is 27.1 Å². The van der Waals surface area contributed by atoms with Gasteiger partial charge < -0.3 is 14.1 Å². The zero-order valence-corrected chi connectivity index (χ0v) is 39.8. The molecule has 3 aliphatic heterocycles. The smallest absolute Gasteiger partial charge is 0.333 e. The normalized spacial score (nSPS) is 19.5. The minimum atomic E-state index is -0.255. The van der Waals surface area contributed by atoms with Gasteiger partial charge in [-0.15, -0.1) is 0 Å². The van der Waals surface area contributed by atoms with Gasteiger partial charge in [0.1, 0.15) is 5.58 Å². The van der Waals surface area contributed by atoms with Crippen LogP contribution in [0.15, 0.2) is 132 Å². The molecule has 4 heteroatoms. The minimum Gasteiger partial charge on any atom is -0.454 e. The molecule has 3 nitrogen and oxygen atoms in total. The second kappa shape index (κ2) is 12.7. The fraction of sp³-hybridized carbons (Fsp3) is 0.311. The Morgan fingerprint density at radius 3 is 1.72 bits per heavy atom. The van der Waals surface area contributed by atoms with Gasteiger partial charge in [-0.25, -0.2) is 0 Å². The monoisotopic (exact) mass is 846 g/mol. The quantitative estimate of drug-likeness (QED) is 0.162. The average molecular weight is 847 g/mol. The molecule has 0 N–H and O–H groups in total.